The van der Waals surface area contributed by atoms with Crippen molar-refractivity contribution in [2.75, 3.05) is 40.4 Å². The molecule has 2 aliphatic heterocycles. The van der Waals surface area contributed by atoms with Crippen LogP contribution in [0.15, 0.2) is 36.4 Å². The number of ether oxygens (including phenoxy) is 2. The number of carbonyl (C=O) groups excluding carboxylic acids is 6. The molecule has 4 heterocycles. The molecule has 6 rings (SSSR count). The van der Waals surface area contributed by atoms with Gasteiger partial charge in [-0.2, -0.15) is 0 Å². The number of rotatable bonds is 24. The molecule has 2 aromatic carbocycles. The first-order chi connectivity index (χ1) is 35.3. The van der Waals surface area contributed by atoms with Gasteiger partial charge in [-0.3, -0.25) is 24.1 Å². The lowest BCUT2D eigenvalue weighted by Crippen LogP contribution is -2.54. The normalized spacial score (nSPS) is 19.4. The van der Waals surface area contributed by atoms with E-state index in [4.69, 9.17) is 9.47 Å². The van der Waals surface area contributed by atoms with Crippen molar-refractivity contribution < 1.29 is 57.2 Å². The Morgan fingerprint density at radius 1 is 0.689 bits per heavy atom. The van der Waals surface area contributed by atoms with E-state index in [1.54, 1.807) is 42.7 Å². The number of aromatic amines is 2. The summed E-state index contributed by atoms with van der Waals surface area (Å²) in [5.74, 6) is -3.36. The molecule has 2 aromatic heterocycles. The number of unbranched alkanes of at least 4 members (excludes halogenated alkanes) is 4. The van der Waals surface area contributed by atoms with Gasteiger partial charge in [0.15, 0.2) is 5.78 Å². The summed E-state index contributed by atoms with van der Waals surface area (Å²) in [5, 5.41) is 26.4. The number of fused-ring (bicyclic) bond motifs is 2. The topological polar surface area (TPSA) is 218 Å². The fourth-order valence-electron chi connectivity index (χ4n) is 10.3. The molecular formula is C55H77F2N7O10. The number of likely N-dealkylation sites (N-methyl/N-ethyl adjacent to an activating group) is 2. The van der Waals surface area contributed by atoms with Gasteiger partial charge in [-0.15, -0.1) is 0 Å². The van der Waals surface area contributed by atoms with E-state index >= 15 is 8.78 Å². The van der Waals surface area contributed by atoms with Crippen LogP contribution in [0, 0.1) is 17.6 Å². The number of hydrogen-bond acceptors (Lipinski definition) is 10. The van der Waals surface area contributed by atoms with Crippen molar-refractivity contribution in [3.05, 3.63) is 59.2 Å². The van der Waals surface area contributed by atoms with Crippen LogP contribution >= 0.6 is 0 Å². The second-order valence-electron chi connectivity index (χ2n) is 20.3. The summed E-state index contributed by atoms with van der Waals surface area (Å²) in [6, 6.07) is 4.68. The summed E-state index contributed by atoms with van der Waals surface area (Å²) in [5.41, 5.74) is 3.27. The number of benzene rings is 2. The molecule has 2 saturated heterocycles. The minimum atomic E-state index is -0.995. The van der Waals surface area contributed by atoms with Gasteiger partial charge in [0, 0.05) is 73.4 Å². The molecule has 5 amide bonds. The van der Waals surface area contributed by atoms with Gasteiger partial charge in [0.25, 0.3) is 0 Å². The van der Waals surface area contributed by atoms with Gasteiger partial charge in [-0.1, -0.05) is 53.4 Å². The number of aliphatic hydroxyl groups excluding tert-OH is 2. The molecule has 0 radical (unpaired) electrons. The second kappa shape index (κ2) is 25.9. The Kier molecular flexibility index (Phi) is 20.0. The average molecular weight is 1030 g/mol. The van der Waals surface area contributed by atoms with E-state index in [0.717, 1.165) is 25.7 Å². The molecule has 4 aromatic rings. The van der Waals surface area contributed by atoms with Crippen molar-refractivity contribution in [1.82, 2.24) is 34.9 Å². The molecule has 0 spiro atoms. The van der Waals surface area contributed by atoms with E-state index in [0.29, 0.717) is 63.6 Å². The standard InChI is InChI=1S/C55H77F2N7O10/c1-9-13-15-21-73-54(71)61(7)32(5)48(67)23-34(11-3)52(69)63-30-39(65)26-37(63)28-43-41-19-17-35(56)24-46(41)58-49(43)50-44(42-20-18-36(57)25-47(42)59-50)29-38-27-40(66)31-64(38)53(70)45(12-4)60-51(68)33(6)62(8)55(72)74-22-16-14-10-2/h17-20,24-25,32-34,37-40,45,58-59,65-66H,9-16,21-23,26-31H2,1-8H3,(H,60,68)/t32-,33-,34+,37-,38-,39-,40-,45-/m0/s1. The number of H-pyrrole nitrogens is 2. The number of likely N-dealkylation sites (tertiary alicyclic amines) is 2. The van der Waals surface area contributed by atoms with Crippen LogP contribution in [0.3, 0.4) is 0 Å². The van der Waals surface area contributed by atoms with E-state index in [2.05, 4.69) is 15.3 Å². The van der Waals surface area contributed by atoms with Crippen LogP contribution in [0.5, 0.6) is 0 Å². The fourth-order valence-corrected chi connectivity index (χ4v) is 10.3. The highest BCUT2D eigenvalue weighted by atomic mass is 19.1. The number of halogens is 2. The Labute approximate surface area is 432 Å². The molecule has 406 valence electrons. The predicted octanol–water partition coefficient (Wildman–Crippen LogP) is 7.78. The highest BCUT2D eigenvalue weighted by Crippen LogP contribution is 2.40. The third-order valence-corrected chi connectivity index (χ3v) is 15.1. The van der Waals surface area contributed by atoms with Crippen molar-refractivity contribution in [2.45, 2.75) is 167 Å². The lowest BCUT2D eigenvalue weighted by Gasteiger charge is -2.31. The Hall–Kier alpha value is -6.08. The SMILES string of the molecule is CCCCCOC(=O)N(C)[C@@H](C)C(=O)C[C@@H](CC)C(=O)N1C[C@@H](O)C[C@H]1Cc1c(-c2[nH]c3cc(F)ccc3c2C[C@@H]2C[C@H](O)CN2C(=O)[C@H](CC)NC(=O)[C@H](C)N(C)C(=O)OCCCCC)[nH]c2cc(F)ccc12. The van der Waals surface area contributed by atoms with Crippen LogP contribution in [0.2, 0.25) is 0 Å². The predicted molar refractivity (Wildman–Crippen MR) is 277 cm³/mol. The molecule has 0 aliphatic carbocycles. The summed E-state index contributed by atoms with van der Waals surface area (Å²) in [4.78, 5) is 94.1. The first-order valence-electron chi connectivity index (χ1n) is 26.5. The zero-order valence-corrected chi connectivity index (χ0v) is 44.3. The quantitative estimate of drug-likeness (QED) is 0.0430. The molecule has 19 heteroatoms. The Morgan fingerprint density at radius 3 is 1.59 bits per heavy atom. The third kappa shape index (κ3) is 13.4. The first kappa shape index (κ1) is 57.2. The summed E-state index contributed by atoms with van der Waals surface area (Å²) in [6.45, 7) is 11.3. The molecular weight excluding hydrogens is 957 g/mol. The second-order valence-corrected chi connectivity index (χ2v) is 20.3. The summed E-state index contributed by atoms with van der Waals surface area (Å²) in [6.07, 6.45) is 3.23. The highest BCUT2D eigenvalue weighted by molar-refractivity contribution is 5.97. The molecule has 0 bridgehead atoms. The minimum Gasteiger partial charge on any atom is -0.449 e. The maximum Gasteiger partial charge on any atom is 0.410 e. The van der Waals surface area contributed by atoms with Crippen LogP contribution in [-0.4, -0.2) is 158 Å². The summed E-state index contributed by atoms with van der Waals surface area (Å²) >= 11 is 0. The van der Waals surface area contributed by atoms with E-state index in [9.17, 15) is 39.0 Å². The number of hydrogen-bond donors (Lipinski definition) is 5. The molecule has 2 fully saturated rings. The van der Waals surface area contributed by atoms with Crippen LogP contribution in [-0.2, 0) is 41.5 Å². The lowest BCUT2D eigenvalue weighted by molar-refractivity contribution is -0.139. The Balaban J connectivity index is 1.28. The minimum absolute atomic E-state index is 0.0157. The van der Waals surface area contributed by atoms with Gasteiger partial charge in [-0.05, 0) is 113 Å². The lowest BCUT2D eigenvalue weighted by atomic mass is 9.93. The zero-order chi connectivity index (χ0) is 54.0. The van der Waals surface area contributed by atoms with E-state index < -0.39 is 84.0 Å². The van der Waals surface area contributed by atoms with Crippen LogP contribution < -0.4 is 5.32 Å². The van der Waals surface area contributed by atoms with Gasteiger partial charge in [0.2, 0.25) is 17.7 Å². The fraction of sp³-hybridized carbons (Fsp3) is 0.600. The number of nitrogens with one attached hydrogen (secondary N) is 3. The summed E-state index contributed by atoms with van der Waals surface area (Å²) < 4.78 is 40.8. The number of Topliss-reactive ketones (excluding diaryl/α,β-unsaturated/α-hetero) is 1. The molecule has 2 aliphatic rings. The molecule has 0 saturated carbocycles. The number of ketones is 1. The molecule has 0 unspecified atom stereocenters. The smallest absolute Gasteiger partial charge is 0.410 e. The maximum absolute atomic E-state index is 15.0. The monoisotopic (exact) mass is 1030 g/mol. The van der Waals surface area contributed by atoms with Crippen molar-refractivity contribution in [3.8, 4) is 11.4 Å². The van der Waals surface area contributed by atoms with E-state index in [1.807, 2.05) is 20.8 Å². The molecule has 8 atom stereocenters. The number of β-amino-alcohol motifs (C(OH)–C–C–N with tert-alkyl or cyclic N) is 2. The largest absolute Gasteiger partial charge is 0.449 e. The van der Waals surface area contributed by atoms with Crippen LogP contribution in [0.25, 0.3) is 33.2 Å². The van der Waals surface area contributed by atoms with Crippen LogP contribution in [0.4, 0.5) is 18.4 Å². The average Bonchev–Trinajstić information content (AvgIpc) is 4.15. The van der Waals surface area contributed by atoms with Gasteiger partial charge in [0.05, 0.1) is 42.9 Å². The number of carbonyl (C=O) groups is 6. The maximum atomic E-state index is 15.0. The molecule has 5 N–H and O–H groups in total. The van der Waals surface area contributed by atoms with Crippen molar-refractivity contribution >= 4 is 57.5 Å². The van der Waals surface area contributed by atoms with Crippen molar-refractivity contribution in [1.29, 1.82) is 0 Å². The van der Waals surface area contributed by atoms with Crippen molar-refractivity contribution in [3.63, 3.8) is 0 Å². The van der Waals surface area contributed by atoms with E-state index in [1.165, 1.54) is 48.2 Å². The number of amides is 5. The number of aromatic nitrogens is 2. The zero-order valence-electron chi connectivity index (χ0n) is 44.3. The third-order valence-electron chi connectivity index (χ3n) is 15.1. The highest BCUT2D eigenvalue weighted by Gasteiger charge is 2.41. The Bertz CT molecular complexity index is 2440. The number of aliphatic hydroxyl groups is 2. The van der Waals surface area contributed by atoms with Crippen LogP contribution in [0.1, 0.15) is 123 Å². The summed E-state index contributed by atoms with van der Waals surface area (Å²) in [7, 11) is 2.96. The molecule has 74 heavy (non-hydrogen) atoms. The Morgan fingerprint density at radius 2 is 1.15 bits per heavy atom. The van der Waals surface area contributed by atoms with Crippen molar-refractivity contribution in [2.24, 2.45) is 5.92 Å². The number of nitrogens with zero attached hydrogens (tertiary/aromatic N) is 4. The van der Waals surface area contributed by atoms with Gasteiger partial charge >= 0.3 is 12.2 Å². The van der Waals surface area contributed by atoms with E-state index in [-0.39, 0.29) is 76.5 Å². The van der Waals surface area contributed by atoms with Gasteiger partial charge < -0.3 is 49.7 Å². The molecule has 17 nitrogen and oxygen atoms in total. The first-order valence-corrected chi connectivity index (χ1v) is 26.5. The van der Waals surface area contributed by atoms with Gasteiger partial charge in [0.1, 0.15) is 23.7 Å². The van der Waals surface area contributed by atoms with Gasteiger partial charge in [-0.25, -0.2) is 18.4 Å².